The normalized spacial score (nSPS) is 15.7. The molecule has 0 radical (unpaired) electrons. The molecule has 39 heavy (non-hydrogen) atoms. The molecular formula is C28H31F3N6O2. The Morgan fingerprint density at radius 1 is 1.10 bits per heavy atom. The lowest BCUT2D eigenvalue weighted by atomic mass is 9.90. The number of anilines is 3. The molecule has 0 saturated carbocycles. The van der Waals surface area contributed by atoms with Crippen LogP contribution in [0.15, 0.2) is 36.5 Å². The number of fused-ring (bicyclic) bond motifs is 1. The number of nitrogens with one attached hydrogen (secondary N) is 1. The van der Waals surface area contributed by atoms with E-state index in [4.69, 9.17) is 10.5 Å². The highest BCUT2D eigenvalue weighted by atomic mass is 19.1. The number of ether oxygens (including phenoxy) is 1. The van der Waals surface area contributed by atoms with Crippen molar-refractivity contribution < 1.29 is 22.7 Å². The summed E-state index contributed by atoms with van der Waals surface area (Å²) < 4.78 is 50.2. The molecule has 3 heterocycles. The third-order valence-electron chi connectivity index (χ3n) is 7.30. The van der Waals surface area contributed by atoms with E-state index in [1.54, 1.807) is 23.1 Å². The Kier molecular flexibility index (Phi) is 7.49. The van der Waals surface area contributed by atoms with Crippen LogP contribution in [0.2, 0.25) is 0 Å². The number of rotatable bonds is 6. The van der Waals surface area contributed by atoms with Crippen LogP contribution in [0.3, 0.4) is 0 Å². The number of hydrogen-bond acceptors (Lipinski definition) is 6. The number of carbonyl (C=O) groups excluding carboxylic acids is 1. The fourth-order valence-corrected chi connectivity index (χ4v) is 5.19. The molecule has 0 unspecified atom stereocenters. The number of carbonyl (C=O) groups is 1. The number of nitrogens with zero attached hydrogens (tertiary/aromatic N) is 4. The van der Waals surface area contributed by atoms with Crippen LogP contribution in [0.5, 0.6) is 5.75 Å². The Morgan fingerprint density at radius 3 is 2.56 bits per heavy atom. The van der Waals surface area contributed by atoms with Gasteiger partial charge in [-0.05, 0) is 68.9 Å². The van der Waals surface area contributed by atoms with Crippen molar-refractivity contribution in [1.82, 2.24) is 14.9 Å². The third-order valence-corrected chi connectivity index (χ3v) is 7.30. The number of hydrogen-bond donors (Lipinski definition) is 2. The van der Waals surface area contributed by atoms with E-state index in [-0.39, 0.29) is 40.7 Å². The maximum Gasteiger partial charge on any atom is 0.314 e. The van der Waals surface area contributed by atoms with Crippen LogP contribution in [0.1, 0.15) is 32.3 Å². The predicted molar refractivity (Wildman–Crippen MR) is 143 cm³/mol. The van der Waals surface area contributed by atoms with Gasteiger partial charge in [-0.3, -0.25) is 0 Å². The molecule has 1 aromatic heterocycles. The topological polar surface area (TPSA) is 96.6 Å². The van der Waals surface area contributed by atoms with Crippen molar-refractivity contribution in [2.75, 3.05) is 36.5 Å². The second kappa shape index (κ2) is 11.0. The monoisotopic (exact) mass is 540 g/mol. The van der Waals surface area contributed by atoms with Gasteiger partial charge < -0.3 is 25.6 Å². The Bertz CT molecular complexity index is 1380. The maximum atomic E-state index is 14.9. The lowest BCUT2D eigenvalue weighted by molar-refractivity contribution is 0.178. The fourth-order valence-electron chi connectivity index (χ4n) is 5.19. The van der Waals surface area contributed by atoms with Gasteiger partial charge in [0, 0.05) is 30.4 Å². The second-order valence-electron chi connectivity index (χ2n) is 10.2. The van der Waals surface area contributed by atoms with Gasteiger partial charge in [-0.2, -0.15) is 0 Å². The minimum absolute atomic E-state index is 0.0486. The Labute approximate surface area is 225 Å². The molecule has 3 aromatic rings. The first-order valence-electron chi connectivity index (χ1n) is 13.1. The zero-order valence-corrected chi connectivity index (χ0v) is 21.9. The number of benzene rings is 2. The van der Waals surface area contributed by atoms with Crippen molar-refractivity contribution >= 4 is 23.4 Å². The van der Waals surface area contributed by atoms with E-state index in [0.717, 1.165) is 19.0 Å². The van der Waals surface area contributed by atoms with Crippen molar-refractivity contribution in [3.8, 4) is 17.0 Å². The van der Waals surface area contributed by atoms with E-state index < -0.39 is 17.7 Å². The highest BCUT2D eigenvalue weighted by molar-refractivity contribution is 5.73. The number of nitrogens with two attached hydrogens (primary N) is 1. The van der Waals surface area contributed by atoms with Gasteiger partial charge in [0.25, 0.3) is 0 Å². The highest BCUT2D eigenvalue weighted by Crippen LogP contribution is 2.39. The Balaban J connectivity index is 1.33. The van der Waals surface area contributed by atoms with Crippen LogP contribution < -0.4 is 20.7 Å². The van der Waals surface area contributed by atoms with Gasteiger partial charge in [0.15, 0.2) is 17.4 Å². The van der Waals surface area contributed by atoms with Gasteiger partial charge in [0.05, 0.1) is 18.4 Å². The maximum absolute atomic E-state index is 14.9. The van der Waals surface area contributed by atoms with E-state index in [1.807, 2.05) is 18.7 Å². The minimum atomic E-state index is -0.711. The van der Waals surface area contributed by atoms with Gasteiger partial charge in [0.1, 0.15) is 18.1 Å². The van der Waals surface area contributed by atoms with Crippen LogP contribution in [0.25, 0.3) is 11.3 Å². The Morgan fingerprint density at radius 2 is 1.87 bits per heavy atom. The van der Waals surface area contributed by atoms with Crippen molar-refractivity contribution in [3.63, 3.8) is 0 Å². The summed E-state index contributed by atoms with van der Waals surface area (Å²) in [4.78, 5) is 23.2. The van der Waals surface area contributed by atoms with Crippen molar-refractivity contribution in [2.24, 2.45) is 11.7 Å². The molecule has 0 bridgehead atoms. The second-order valence-corrected chi connectivity index (χ2v) is 10.2. The first kappa shape index (κ1) is 26.6. The van der Waals surface area contributed by atoms with Crippen LogP contribution >= 0.6 is 0 Å². The summed E-state index contributed by atoms with van der Waals surface area (Å²) >= 11 is 0. The predicted octanol–water partition coefficient (Wildman–Crippen LogP) is 5.24. The molecule has 2 aliphatic heterocycles. The lowest BCUT2D eigenvalue weighted by Crippen LogP contribution is -2.41. The summed E-state index contributed by atoms with van der Waals surface area (Å²) in [5.74, 6) is -1.25. The van der Waals surface area contributed by atoms with E-state index in [2.05, 4.69) is 15.3 Å². The van der Waals surface area contributed by atoms with Gasteiger partial charge in [0.2, 0.25) is 5.95 Å². The van der Waals surface area contributed by atoms with E-state index in [0.29, 0.717) is 49.6 Å². The summed E-state index contributed by atoms with van der Waals surface area (Å²) in [5, 5.41) is 2.92. The molecule has 0 aliphatic carbocycles. The first-order valence-corrected chi connectivity index (χ1v) is 13.1. The number of primary amides is 1. The number of amides is 2. The summed E-state index contributed by atoms with van der Waals surface area (Å²) in [6.07, 6.45) is 3.08. The van der Waals surface area contributed by atoms with Gasteiger partial charge >= 0.3 is 6.03 Å². The van der Waals surface area contributed by atoms with Gasteiger partial charge in [-0.1, -0.05) is 6.07 Å². The number of piperidine rings is 1. The molecule has 1 fully saturated rings. The van der Waals surface area contributed by atoms with Gasteiger partial charge in [-0.25, -0.2) is 27.9 Å². The molecule has 206 valence electrons. The molecule has 8 nitrogen and oxygen atoms in total. The molecule has 5 rings (SSSR count). The fraction of sp³-hybridized carbons (Fsp3) is 0.393. The summed E-state index contributed by atoms with van der Waals surface area (Å²) in [6.45, 7) is 6.07. The van der Waals surface area contributed by atoms with Crippen molar-refractivity contribution in [1.29, 1.82) is 0 Å². The van der Waals surface area contributed by atoms with Crippen LogP contribution in [-0.2, 0) is 6.42 Å². The average molecular weight is 541 g/mol. The van der Waals surface area contributed by atoms with E-state index in [9.17, 15) is 18.0 Å². The standard InChI is InChI=1S/C28H31F3N6O2/c1-16(2)37-9-10-39-26-22(30)12-19(13-24(26)37)25-23(31)15-33-28(35-25)34-20-4-3-18(21(29)14-20)11-17-5-7-36(8-6-17)27(32)38/h3-4,12-17H,5-11H2,1-2H3,(H2,32,38)(H,33,34,35). The van der Waals surface area contributed by atoms with Gasteiger partial charge in [-0.15, -0.1) is 0 Å². The molecule has 2 aromatic carbocycles. The van der Waals surface area contributed by atoms with Crippen LogP contribution in [0, 0.1) is 23.4 Å². The number of likely N-dealkylation sites (tertiary alicyclic amines) is 1. The zero-order chi connectivity index (χ0) is 27.7. The van der Waals surface area contributed by atoms with Crippen molar-refractivity contribution in [3.05, 3.63) is 59.5 Å². The summed E-state index contributed by atoms with van der Waals surface area (Å²) in [6, 6.07) is 7.27. The molecule has 2 amide bonds. The van der Waals surface area contributed by atoms with Crippen molar-refractivity contribution in [2.45, 2.75) is 39.2 Å². The SMILES string of the molecule is CC(C)N1CCOc2c(F)cc(-c3nc(Nc4ccc(CC5CCN(C(N)=O)CC5)c(F)c4)ncc3F)cc21. The average Bonchev–Trinajstić information content (AvgIpc) is 2.91. The summed E-state index contributed by atoms with van der Waals surface area (Å²) in [7, 11) is 0. The number of aromatic nitrogens is 2. The molecule has 0 spiro atoms. The molecule has 1 saturated heterocycles. The zero-order valence-electron chi connectivity index (χ0n) is 21.9. The number of urea groups is 1. The molecule has 11 heteroatoms. The molecule has 3 N–H and O–H groups in total. The summed E-state index contributed by atoms with van der Waals surface area (Å²) in [5.41, 5.74) is 7.00. The smallest absolute Gasteiger partial charge is 0.314 e. The quantitative estimate of drug-likeness (QED) is 0.444. The first-order chi connectivity index (χ1) is 18.7. The van der Waals surface area contributed by atoms with E-state index >= 15 is 0 Å². The number of halogens is 3. The molecule has 2 aliphatic rings. The van der Waals surface area contributed by atoms with Crippen LogP contribution in [-0.4, -0.2) is 53.2 Å². The van der Waals surface area contributed by atoms with E-state index in [1.165, 1.54) is 12.1 Å². The lowest BCUT2D eigenvalue weighted by Gasteiger charge is -2.34. The third kappa shape index (κ3) is 5.71. The molecule has 0 atom stereocenters. The Hall–Kier alpha value is -4.02. The largest absolute Gasteiger partial charge is 0.486 e. The van der Waals surface area contributed by atoms with Crippen LogP contribution in [0.4, 0.5) is 35.3 Å². The highest BCUT2D eigenvalue weighted by Gasteiger charge is 2.26. The minimum Gasteiger partial charge on any atom is -0.486 e. The molecular weight excluding hydrogens is 509 g/mol.